The summed E-state index contributed by atoms with van der Waals surface area (Å²) in [6, 6.07) is 76.2. The Bertz CT molecular complexity index is 5040. The van der Waals surface area contributed by atoms with Gasteiger partial charge in [-0.15, -0.1) is 0 Å². The highest BCUT2D eigenvalue weighted by molar-refractivity contribution is 6.14. The number of fused-ring (bicyclic) bond motifs is 6. The minimum Gasteiger partial charge on any atom is -0.308 e. The molecule has 12 aromatic rings. The molecule has 0 unspecified atom stereocenters. The van der Waals surface area contributed by atoms with Gasteiger partial charge in [0.1, 0.15) is 11.6 Å². The number of rotatable bonds is 7. The maximum absolute atomic E-state index is 12.2. The van der Waals surface area contributed by atoms with Crippen LogP contribution in [0.25, 0.3) is 111 Å². The molecular weight excluding hydrogens is 1010 g/mol. The minimum absolute atomic E-state index is 0.184. The third kappa shape index (κ3) is 8.00. The Morgan fingerprint density at radius 1 is 0.244 bits per heavy atom. The van der Waals surface area contributed by atoms with Gasteiger partial charge in [-0.05, 0) is 141 Å². The second-order valence-corrected chi connectivity index (χ2v) is 19.2. The topological polar surface area (TPSA) is 248 Å². The molecule has 370 valence electrons. The fourth-order valence-corrected chi connectivity index (χ4v) is 11.1. The molecule has 0 fully saturated rings. The molecule has 12 nitrogen and oxygen atoms in total. The van der Waals surface area contributed by atoms with E-state index in [2.05, 4.69) is 60.7 Å². The van der Waals surface area contributed by atoms with Crippen LogP contribution in [0.15, 0.2) is 182 Å². The van der Waals surface area contributed by atoms with E-state index in [0.29, 0.717) is 117 Å². The van der Waals surface area contributed by atoms with Crippen LogP contribution in [-0.2, 0) is 0 Å². The number of benzene rings is 10. The first-order valence-electron chi connectivity index (χ1n) is 25.2. The largest absolute Gasteiger partial charge is 0.308 e. The van der Waals surface area contributed by atoms with Gasteiger partial charge in [-0.1, -0.05) is 91.0 Å². The van der Waals surface area contributed by atoms with Crippen molar-refractivity contribution in [3.63, 3.8) is 0 Å². The van der Waals surface area contributed by atoms with Crippen molar-refractivity contribution in [2.45, 2.75) is 0 Å². The molecule has 12 rings (SSSR count). The quantitative estimate of drug-likeness (QED) is 0.146. The molecule has 0 aliphatic heterocycles. The van der Waals surface area contributed by atoms with Crippen molar-refractivity contribution >= 4 is 43.6 Å². The maximum Gasteiger partial charge on any atom is 0.104 e. The van der Waals surface area contributed by atoms with E-state index >= 15 is 0 Å². The van der Waals surface area contributed by atoms with Gasteiger partial charge >= 0.3 is 0 Å². The summed E-state index contributed by atoms with van der Waals surface area (Å²) in [5.74, 6) is 0. The third-order valence-corrected chi connectivity index (χ3v) is 14.9. The summed E-state index contributed by atoms with van der Waals surface area (Å²) in [7, 11) is 0. The molecule has 0 N–H and O–H groups in total. The van der Waals surface area contributed by atoms with E-state index in [-0.39, 0.29) is 27.8 Å². The van der Waals surface area contributed by atoms with E-state index < -0.39 is 0 Å². The smallest absolute Gasteiger partial charge is 0.104 e. The summed E-state index contributed by atoms with van der Waals surface area (Å²) >= 11 is 0. The average molecular weight is 1040 g/mol. The first kappa shape index (κ1) is 49.6. The van der Waals surface area contributed by atoms with E-state index in [1.54, 1.807) is 78.9 Å². The molecule has 0 atom stereocenters. The Morgan fingerprint density at radius 3 is 0.890 bits per heavy atom. The van der Waals surface area contributed by atoms with Gasteiger partial charge in [-0.2, -0.15) is 52.6 Å². The Hall–Kier alpha value is -13.3. The highest BCUT2D eigenvalue weighted by Crippen LogP contribution is 2.45. The fraction of sp³-hybridized carbons (Fsp3) is 0. The van der Waals surface area contributed by atoms with Gasteiger partial charge in [0.15, 0.2) is 0 Å². The predicted molar refractivity (Wildman–Crippen MR) is 309 cm³/mol. The molecule has 0 amide bonds. The van der Waals surface area contributed by atoms with Crippen molar-refractivity contribution in [3.8, 4) is 128 Å². The lowest BCUT2D eigenvalue weighted by molar-refractivity contribution is 1.12. The second-order valence-electron chi connectivity index (χ2n) is 19.2. The zero-order valence-corrected chi connectivity index (χ0v) is 42.7. The molecule has 12 heteroatoms. The van der Waals surface area contributed by atoms with E-state index in [0.717, 1.165) is 21.5 Å². The summed E-state index contributed by atoms with van der Waals surface area (Å²) < 4.78 is 3.98. The fourth-order valence-electron chi connectivity index (χ4n) is 11.1. The summed E-state index contributed by atoms with van der Waals surface area (Å²) in [6.07, 6.45) is 0. The average Bonchev–Trinajstić information content (AvgIpc) is 4.12. The molecular formula is C70H30N12. The van der Waals surface area contributed by atoms with Crippen molar-refractivity contribution in [2.75, 3.05) is 0 Å². The van der Waals surface area contributed by atoms with Crippen LogP contribution < -0.4 is 0 Å². The van der Waals surface area contributed by atoms with Gasteiger partial charge in [0, 0.05) is 27.1 Å². The summed E-state index contributed by atoms with van der Waals surface area (Å²) in [6.45, 7) is 0. The molecule has 0 saturated carbocycles. The van der Waals surface area contributed by atoms with Crippen LogP contribution in [0.3, 0.4) is 0 Å². The molecule has 2 aromatic heterocycles. The molecule has 0 saturated heterocycles. The van der Waals surface area contributed by atoms with Crippen LogP contribution in [0.4, 0.5) is 0 Å². The Morgan fingerprint density at radius 2 is 0.561 bits per heavy atom. The standard InChI is InChI=1S/C70H30N12/c71-31-41-2-1-3-46(22-41)59-20-21-65(81-66-27-47(55-12-4-42(32-72)23-51(55)36-76)8-16-60(66)61-17-9-48(28-67(61)81)56-13-5-43(33-73)24-52(56)37-77)64(40-80)70(59)82-68-29-49(57-14-6-44(34-74)25-53(57)38-78)10-18-62(68)63-19-11-50(30-69(63)82)58-15-7-45(35-75)26-54(58)39-79/h1-30H. The van der Waals surface area contributed by atoms with Crippen LogP contribution in [0.5, 0.6) is 0 Å². The molecule has 0 aliphatic carbocycles. The SMILES string of the molecule is N#Cc1cccc(-c2ccc(-n3c4cc(-c5ccc(C#N)cc5C#N)ccc4c4ccc(-c5ccc(C#N)cc5C#N)cc43)c(C#N)c2-n2c3cc(-c4ccc(C#N)cc4C#N)ccc3c3ccc(-c4ccc(C#N)cc4C#N)cc32)c1. The lowest BCUT2D eigenvalue weighted by atomic mass is 9.96. The second kappa shape index (κ2) is 20.0. The van der Waals surface area contributed by atoms with Gasteiger partial charge in [-0.3, -0.25) is 0 Å². The zero-order chi connectivity index (χ0) is 56.8. The number of hydrogen-bond donors (Lipinski definition) is 0. The van der Waals surface area contributed by atoms with Gasteiger partial charge in [0.05, 0.1) is 138 Å². The summed E-state index contributed by atoms with van der Waals surface area (Å²) in [4.78, 5) is 0. The normalized spacial score (nSPS) is 10.6. The number of aromatic nitrogens is 2. The number of nitriles is 10. The Labute approximate surface area is 468 Å². The van der Waals surface area contributed by atoms with E-state index in [9.17, 15) is 52.6 Å². The Balaban J connectivity index is 1.25. The monoisotopic (exact) mass is 1040 g/mol. The number of nitrogens with zero attached hydrogens (tertiary/aromatic N) is 12. The predicted octanol–water partition coefficient (Wildman–Crippen LogP) is 14.9. The van der Waals surface area contributed by atoms with Crippen molar-refractivity contribution in [3.05, 3.63) is 238 Å². The number of hydrogen-bond acceptors (Lipinski definition) is 10. The van der Waals surface area contributed by atoms with Crippen LogP contribution in [0.2, 0.25) is 0 Å². The maximum atomic E-state index is 12.2. The molecule has 0 bridgehead atoms. The highest BCUT2D eigenvalue weighted by atomic mass is 15.0. The molecule has 0 spiro atoms. The van der Waals surface area contributed by atoms with Gasteiger partial charge in [0.2, 0.25) is 0 Å². The van der Waals surface area contributed by atoms with Crippen molar-refractivity contribution in [1.82, 2.24) is 9.13 Å². The molecule has 2 heterocycles. The van der Waals surface area contributed by atoms with Crippen LogP contribution in [-0.4, -0.2) is 9.13 Å². The lowest BCUT2D eigenvalue weighted by Gasteiger charge is -2.21. The van der Waals surface area contributed by atoms with Crippen LogP contribution in [0, 0.1) is 113 Å². The van der Waals surface area contributed by atoms with Gasteiger partial charge in [-0.25, -0.2) is 0 Å². The van der Waals surface area contributed by atoms with Gasteiger partial charge in [0.25, 0.3) is 0 Å². The van der Waals surface area contributed by atoms with E-state index in [1.165, 1.54) is 12.1 Å². The van der Waals surface area contributed by atoms with E-state index in [4.69, 9.17) is 0 Å². The van der Waals surface area contributed by atoms with Crippen LogP contribution >= 0.6 is 0 Å². The first-order valence-corrected chi connectivity index (χ1v) is 25.2. The summed E-state index contributed by atoms with van der Waals surface area (Å²) in [5.41, 5.74) is 12.3. The van der Waals surface area contributed by atoms with Crippen molar-refractivity contribution < 1.29 is 0 Å². The first-order chi connectivity index (χ1) is 40.2. The lowest BCUT2D eigenvalue weighted by Crippen LogP contribution is -2.07. The third-order valence-electron chi connectivity index (χ3n) is 14.9. The molecule has 10 aromatic carbocycles. The van der Waals surface area contributed by atoms with Crippen molar-refractivity contribution in [2.24, 2.45) is 0 Å². The minimum atomic E-state index is 0.184. The van der Waals surface area contributed by atoms with E-state index in [1.807, 2.05) is 100 Å². The van der Waals surface area contributed by atoms with Crippen molar-refractivity contribution in [1.29, 1.82) is 52.6 Å². The Kier molecular flexibility index (Phi) is 12.1. The molecule has 0 radical (unpaired) electrons. The molecule has 0 aliphatic rings. The highest BCUT2D eigenvalue weighted by Gasteiger charge is 2.27. The summed E-state index contributed by atoms with van der Waals surface area (Å²) in [5, 5.41) is 106. The van der Waals surface area contributed by atoms with Crippen LogP contribution in [0.1, 0.15) is 55.6 Å². The molecule has 82 heavy (non-hydrogen) atoms. The van der Waals surface area contributed by atoms with Gasteiger partial charge < -0.3 is 9.13 Å². The zero-order valence-electron chi connectivity index (χ0n) is 42.7.